The summed E-state index contributed by atoms with van der Waals surface area (Å²) in [4.78, 5) is 26.9. The van der Waals surface area contributed by atoms with Crippen LogP contribution in [0.3, 0.4) is 0 Å². The van der Waals surface area contributed by atoms with Crippen molar-refractivity contribution in [2.24, 2.45) is 11.8 Å². The first-order chi connectivity index (χ1) is 13.2. The van der Waals surface area contributed by atoms with E-state index in [4.69, 9.17) is 0 Å². The molecule has 0 radical (unpaired) electrons. The normalized spacial score (nSPS) is 27.2. The third-order valence-corrected chi connectivity index (χ3v) is 5.77. The molecule has 2 aliphatic rings. The van der Waals surface area contributed by atoms with Gasteiger partial charge in [0.25, 0.3) is 0 Å². The maximum Gasteiger partial charge on any atom is 0.222 e. The van der Waals surface area contributed by atoms with Crippen LogP contribution in [0.25, 0.3) is 0 Å². The molecule has 1 saturated heterocycles. The van der Waals surface area contributed by atoms with Gasteiger partial charge in [-0.25, -0.2) is 4.98 Å². The van der Waals surface area contributed by atoms with Gasteiger partial charge in [0.1, 0.15) is 5.82 Å². The van der Waals surface area contributed by atoms with Gasteiger partial charge < -0.3 is 15.3 Å². The van der Waals surface area contributed by atoms with E-state index in [1.807, 2.05) is 17.0 Å². The number of amides is 1. The molecule has 1 saturated carbocycles. The lowest BCUT2D eigenvalue weighted by Crippen LogP contribution is -2.43. The SMILES string of the molecule is O=C(CCc1ccncc1)N1C[C@H]2C[C@@H](Nc3cnccn3)[C@H](O)C[C@H]2C1. The average Bonchev–Trinajstić information content (AvgIpc) is 3.11. The number of aromatic nitrogens is 3. The average molecular weight is 367 g/mol. The van der Waals surface area contributed by atoms with Crippen LogP contribution in [0.2, 0.25) is 0 Å². The molecule has 1 aliphatic heterocycles. The molecule has 0 spiro atoms. The van der Waals surface area contributed by atoms with Crippen molar-refractivity contribution in [2.75, 3.05) is 18.4 Å². The number of fused-ring (bicyclic) bond motifs is 1. The van der Waals surface area contributed by atoms with E-state index in [1.165, 1.54) is 0 Å². The number of hydrogen-bond acceptors (Lipinski definition) is 6. The number of carbonyl (C=O) groups excluding carboxylic acids is 1. The predicted octanol–water partition coefficient (Wildman–Crippen LogP) is 1.51. The molecule has 2 fully saturated rings. The highest BCUT2D eigenvalue weighted by molar-refractivity contribution is 5.76. The van der Waals surface area contributed by atoms with Crippen LogP contribution in [-0.4, -0.2) is 56.1 Å². The summed E-state index contributed by atoms with van der Waals surface area (Å²) in [6.45, 7) is 1.54. The topological polar surface area (TPSA) is 91.2 Å². The Hall–Kier alpha value is -2.54. The van der Waals surface area contributed by atoms with E-state index in [1.54, 1.807) is 31.0 Å². The van der Waals surface area contributed by atoms with Crippen molar-refractivity contribution in [1.29, 1.82) is 0 Å². The van der Waals surface area contributed by atoms with Crippen molar-refractivity contribution < 1.29 is 9.90 Å². The van der Waals surface area contributed by atoms with Crippen molar-refractivity contribution in [3.05, 3.63) is 48.7 Å². The summed E-state index contributed by atoms with van der Waals surface area (Å²) in [6, 6.07) is 3.86. The maximum absolute atomic E-state index is 12.6. The van der Waals surface area contributed by atoms with Gasteiger partial charge in [0, 0.05) is 44.3 Å². The molecule has 0 aromatic carbocycles. The van der Waals surface area contributed by atoms with E-state index in [9.17, 15) is 9.90 Å². The summed E-state index contributed by atoms with van der Waals surface area (Å²) in [5.41, 5.74) is 1.14. The Morgan fingerprint density at radius 2 is 1.89 bits per heavy atom. The van der Waals surface area contributed by atoms with Crippen LogP contribution in [0.1, 0.15) is 24.8 Å². The fourth-order valence-corrected chi connectivity index (χ4v) is 4.31. The summed E-state index contributed by atoms with van der Waals surface area (Å²) in [5, 5.41) is 13.8. The van der Waals surface area contributed by atoms with Crippen molar-refractivity contribution in [3.63, 3.8) is 0 Å². The van der Waals surface area contributed by atoms with E-state index in [2.05, 4.69) is 20.3 Å². The van der Waals surface area contributed by atoms with Crippen LogP contribution in [0.15, 0.2) is 43.1 Å². The van der Waals surface area contributed by atoms with Crippen molar-refractivity contribution in [1.82, 2.24) is 19.9 Å². The minimum absolute atomic E-state index is 0.0465. The Balaban J connectivity index is 1.32. The van der Waals surface area contributed by atoms with Crippen LogP contribution in [-0.2, 0) is 11.2 Å². The molecule has 3 heterocycles. The standard InChI is InChI=1S/C20H25N5O2/c26-18-10-16-13-25(20(27)2-1-14-3-5-21-6-4-14)12-15(16)9-17(18)24-19-11-22-7-8-23-19/h3-8,11,15-18,26H,1-2,9-10,12-13H2,(H,23,24)/t15-,16+,17-,18-/m1/s1. The smallest absolute Gasteiger partial charge is 0.222 e. The molecule has 7 heteroatoms. The Kier molecular flexibility index (Phi) is 5.29. The lowest BCUT2D eigenvalue weighted by Gasteiger charge is -2.35. The predicted molar refractivity (Wildman–Crippen MR) is 101 cm³/mol. The molecule has 2 aromatic rings. The summed E-state index contributed by atoms with van der Waals surface area (Å²) in [7, 11) is 0. The van der Waals surface area contributed by atoms with E-state index in [0.717, 1.165) is 37.9 Å². The molecule has 27 heavy (non-hydrogen) atoms. The number of likely N-dealkylation sites (tertiary alicyclic amines) is 1. The second kappa shape index (κ2) is 8.00. The van der Waals surface area contributed by atoms with Gasteiger partial charge in [-0.2, -0.15) is 0 Å². The zero-order valence-electron chi connectivity index (χ0n) is 15.2. The maximum atomic E-state index is 12.6. The summed E-state index contributed by atoms with van der Waals surface area (Å²) in [6.07, 6.45) is 10.9. The van der Waals surface area contributed by atoms with Gasteiger partial charge in [0.05, 0.1) is 18.3 Å². The summed E-state index contributed by atoms with van der Waals surface area (Å²) >= 11 is 0. The van der Waals surface area contributed by atoms with Gasteiger partial charge in [0.15, 0.2) is 0 Å². The second-order valence-electron chi connectivity index (χ2n) is 7.55. The number of aryl methyl sites for hydroxylation is 1. The molecule has 0 bridgehead atoms. The lowest BCUT2D eigenvalue weighted by molar-refractivity contribution is -0.130. The molecule has 1 aliphatic carbocycles. The Bertz CT molecular complexity index is 757. The van der Waals surface area contributed by atoms with Crippen molar-refractivity contribution >= 4 is 11.7 Å². The molecular weight excluding hydrogens is 342 g/mol. The van der Waals surface area contributed by atoms with Crippen LogP contribution >= 0.6 is 0 Å². The fourth-order valence-electron chi connectivity index (χ4n) is 4.31. The number of nitrogens with one attached hydrogen (secondary N) is 1. The monoisotopic (exact) mass is 367 g/mol. The van der Waals surface area contributed by atoms with Crippen molar-refractivity contribution in [3.8, 4) is 0 Å². The molecule has 0 unspecified atom stereocenters. The number of nitrogens with zero attached hydrogens (tertiary/aromatic N) is 4. The van der Waals surface area contributed by atoms with E-state index in [0.29, 0.717) is 24.1 Å². The van der Waals surface area contributed by atoms with Crippen LogP contribution < -0.4 is 5.32 Å². The zero-order chi connectivity index (χ0) is 18.6. The highest BCUT2D eigenvalue weighted by Crippen LogP contribution is 2.37. The lowest BCUT2D eigenvalue weighted by atomic mass is 9.77. The molecule has 4 rings (SSSR count). The number of carbonyl (C=O) groups is 1. The van der Waals surface area contributed by atoms with Crippen LogP contribution in [0, 0.1) is 11.8 Å². The third kappa shape index (κ3) is 4.24. The van der Waals surface area contributed by atoms with Gasteiger partial charge in [0.2, 0.25) is 5.91 Å². The number of hydrogen-bond donors (Lipinski definition) is 2. The Morgan fingerprint density at radius 3 is 2.63 bits per heavy atom. The van der Waals surface area contributed by atoms with Crippen LogP contribution in [0.5, 0.6) is 0 Å². The highest BCUT2D eigenvalue weighted by atomic mass is 16.3. The van der Waals surface area contributed by atoms with Gasteiger partial charge in [-0.3, -0.25) is 14.8 Å². The number of anilines is 1. The summed E-state index contributed by atoms with van der Waals surface area (Å²) < 4.78 is 0. The van der Waals surface area contributed by atoms with Crippen LogP contribution in [0.4, 0.5) is 5.82 Å². The Labute approximate surface area is 158 Å². The van der Waals surface area contributed by atoms with Gasteiger partial charge >= 0.3 is 0 Å². The third-order valence-electron chi connectivity index (χ3n) is 5.77. The molecule has 7 nitrogen and oxygen atoms in total. The minimum Gasteiger partial charge on any atom is -0.391 e. The minimum atomic E-state index is -0.430. The van der Waals surface area contributed by atoms with E-state index >= 15 is 0 Å². The van der Waals surface area contributed by atoms with Crippen molar-refractivity contribution in [2.45, 2.75) is 37.8 Å². The fraction of sp³-hybridized carbons (Fsp3) is 0.500. The quantitative estimate of drug-likeness (QED) is 0.832. The molecular formula is C20H25N5O2. The zero-order valence-corrected chi connectivity index (χ0v) is 15.2. The van der Waals surface area contributed by atoms with Gasteiger partial charge in [-0.05, 0) is 48.8 Å². The second-order valence-corrected chi connectivity index (χ2v) is 7.55. The first kappa shape index (κ1) is 17.9. The number of pyridine rings is 1. The largest absolute Gasteiger partial charge is 0.391 e. The first-order valence-corrected chi connectivity index (χ1v) is 9.56. The first-order valence-electron chi connectivity index (χ1n) is 9.56. The van der Waals surface area contributed by atoms with Gasteiger partial charge in [-0.15, -0.1) is 0 Å². The van der Waals surface area contributed by atoms with Gasteiger partial charge in [-0.1, -0.05) is 0 Å². The Morgan fingerprint density at radius 1 is 1.11 bits per heavy atom. The molecule has 4 atom stereocenters. The molecule has 1 amide bonds. The molecule has 2 aromatic heterocycles. The highest BCUT2D eigenvalue weighted by Gasteiger charge is 2.42. The number of aliphatic hydroxyl groups excluding tert-OH is 1. The number of rotatable bonds is 5. The van der Waals surface area contributed by atoms with E-state index < -0.39 is 6.10 Å². The summed E-state index contributed by atoms with van der Waals surface area (Å²) in [5.74, 6) is 1.69. The molecule has 2 N–H and O–H groups in total. The molecule has 142 valence electrons. The number of aliphatic hydroxyl groups is 1. The van der Waals surface area contributed by atoms with E-state index in [-0.39, 0.29) is 11.9 Å².